The highest BCUT2D eigenvalue weighted by molar-refractivity contribution is 5.89. The molecule has 0 spiro atoms. The first-order valence-corrected chi connectivity index (χ1v) is 9.05. The van der Waals surface area contributed by atoms with Crippen molar-refractivity contribution in [2.75, 3.05) is 0 Å². The highest BCUT2D eigenvalue weighted by atomic mass is 19.1. The van der Waals surface area contributed by atoms with Crippen LogP contribution in [0.2, 0.25) is 0 Å². The number of fused-ring (bicyclic) bond motifs is 1. The van der Waals surface area contributed by atoms with Gasteiger partial charge in [-0.3, -0.25) is 9.97 Å². The maximum absolute atomic E-state index is 14.5. The van der Waals surface area contributed by atoms with E-state index in [1.165, 1.54) is 6.20 Å². The van der Waals surface area contributed by atoms with Crippen molar-refractivity contribution in [3.63, 3.8) is 0 Å². The number of nitrogens with zero attached hydrogens (tertiary/aromatic N) is 6. The molecule has 7 nitrogen and oxygen atoms in total. The summed E-state index contributed by atoms with van der Waals surface area (Å²) in [6.07, 6.45) is 6.14. The zero-order chi connectivity index (χ0) is 20.0. The number of halogens is 1. The van der Waals surface area contributed by atoms with Crippen LogP contribution in [0.5, 0.6) is 0 Å². The minimum absolute atomic E-state index is 0.406. The van der Waals surface area contributed by atoms with Crippen LogP contribution in [0, 0.1) is 19.7 Å². The standard InChI is InChI=1S/C21H16FN7/c1-12-8-13(2)29(28-12)21-25-18-9-16(15-5-7-24-11-17(15)22)19(26-20(18)27-21)14-4-3-6-23-10-14/h3-11H,1-2H3,(H,25,26,27). The number of aromatic amines is 1. The molecule has 0 unspecified atom stereocenters. The van der Waals surface area contributed by atoms with Gasteiger partial charge in [0.25, 0.3) is 0 Å². The summed E-state index contributed by atoms with van der Waals surface area (Å²) in [5.74, 6) is 0.135. The zero-order valence-electron chi connectivity index (χ0n) is 15.8. The van der Waals surface area contributed by atoms with Crippen molar-refractivity contribution in [2.24, 2.45) is 0 Å². The fraction of sp³-hybridized carbons (Fsp3) is 0.0952. The molecule has 5 aromatic rings. The third-order valence-electron chi connectivity index (χ3n) is 4.67. The second-order valence-electron chi connectivity index (χ2n) is 6.75. The normalized spacial score (nSPS) is 11.3. The van der Waals surface area contributed by atoms with E-state index in [0.717, 1.165) is 17.0 Å². The summed E-state index contributed by atoms with van der Waals surface area (Å²) in [6, 6.07) is 9.14. The molecule has 142 valence electrons. The lowest BCUT2D eigenvalue weighted by molar-refractivity contribution is 0.625. The first-order chi connectivity index (χ1) is 14.1. The van der Waals surface area contributed by atoms with E-state index in [1.54, 1.807) is 29.3 Å². The Labute approximate surface area is 165 Å². The van der Waals surface area contributed by atoms with Crippen molar-refractivity contribution in [2.45, 2.75) is 13.8 Å². The number of imidazole rings is 1. The number of pyridine rings is 3. The number of aryl methyl sites for hydroxylation is 2. The van der Waals surface area contributed by atoms with Crippen LogP contribution in [0.1, 0.15) is 11.4 Å². The van der Waals surface area contributed by atoms with Crippen molar-refractivity contribution >= 4 is 11.2 Å². The number of aromatic nitrogens is 7. The SMILES string of the molecule is Cc1cc(C)n(-c2nc3cc(-c4ccncc4F)c(-c4cccnc4)nc3[nH]2)n1. The minimum Gasteiger partial charge on any atom is -0.307 e. The third-order valence-corrected chi connectivity index (χ3v) is 4.67. The largest absolute Gasteiger partial charge is 0.307 e. The lowest BCUT2D eigenvalue weighted by atomic mass is 10.0. The number of H-pyrrole nitrogens is 1. The summed E-state index contributed by atoms with van der Waals surface area (Å²) in [5, 5.41) is 4.47. The zero-order valence-corrected chi connectivity index (χ0v) is 15.8. The van der Waals surface area contributed by atoms with Crippen molar-refractivity contribution in [3.8, 4) is 28.3 Å². The van der Waals surface area contributed by atoms with Gasteiger partial charge in [0.1, 0.15) is 11.3 Å². The Morgan fingerprint density at radius 2 is 1.83 bits per heavy atom. The topological polar surface area (TPSA) is 85.2 Å². The molecule has 0 atom stereocenters. The fourth-order valence-corrected chi connectivity index (χ4v) is 3.39. The van der Waals surface area contributed by atoms with Crippen molar-refractivity contribution in [1.29, 1.82) is 0 Å². The molecule has 0 radical (unpaired) electrons. The first kappa shape index (κ1) is 17.2. The summed E-state index contributed by atoms with van der Waals surface area (Å²) in [7, 11) is 0. The molecule has 5 aromatic heterocycles. The number of rotatable bonds is 3. The first-order valence-electron chi connectivity index (χ1n) is 9.05. The molecule has 0 aliphatic carbocycles. The lowest BCUT2D eigenvalue weighted by Gasteiger charge is -2.09. The molecule has 8 heteroatoms. The second-order valence-corrected chi connectivity index (χ2v) is 6.75. The van der Waals surface area contributed by atoms with E-state index < -0.39 is 5.82 Å². The van der Waals surface area contributed by atoms with E-state index in [4.69, 9.17) is 4.98 Å². The summed E-state index contributed by atoms with van der Waals surface area (Å²) >= 11 is 0. The smallest absolute Gasteiger partial charge is 0.230 e. The van der Waals surface area contributed by atoms with Crippen molar-refractivity contribution in [1.82, 2.24) is 34.7 Å². The molecule has 5 rings (SSSR count). The number of hydrogen-bond acceptors (Lipinski definition) is 5. The Morgan fingerprint density at radius 1 is 0.966 bits per heavy atom. The Bertz CT molecular complexity index is 1340. The summed E-state index contributed by atoms with van der Waals surface area (Å²) < 4.78 is 16.3. The highest BCUT2D eigenvalue weighted by Crippen LogP contribution is 2.33. The average molecular weight is 385 g/mol. The third kappa shape index (κ3) is 2.94. The molecule has 0 bridgehead atoms. The van der Waals surface area contributed by atoms with Crippen LogP contribution in [0.4, 0.5) is 4.39 Å². The lowest BCUT2D eigenvalue weighted by Crippen LogP contribution is -2.00. The molecule has 0 aliphatic heterocycles. The van der Waals surface area contributed by atoms with Crippen LogP contribution >= 0.6 is 0 Å². The van der Waals surface area contributed by atoms with E-state index in [2.05, 4.69) is 25.0 Å². The molecule has 0 amide bonds. The Kier molecular flexibility index (Phi) is 3.90. The van der Waals surface area contributed by atoms with Gasteiger partial charge < -0.3 is 4.98 Å². The van der Waals surface area contributed by atoms with E-state index >= 15 is 0 Å². The van der Waals surface area contributed by atoms with Crippen molar-refractivity contribution < 1.29 is 4.39 Å². The molecule has 1 N–H and O–H groups in total. The molecular weight excluding hydrogens is 369 g/mol. The molecule has 0 aliphatic rings. The van der Waals surface area contributed by atoms with Crippen LogP contribution in [-0.2, 0) is 0 Å². The summed E-state index contributed by atoms with van der Waals surface area (Å²) in [4.78, 5) is 20.6. The maximum Gasteiger partial charge on any atom is 0.230 e. The second kappa shape index (κ2) is 6.59. The summed E-state index contributed by atoms with van der Waals surface area (Å²) in [6.45, 7) is 3.88. The van der Waals surface area contributed by atoms with E-state index in [0.29, 0.717) is 33.9 Å². The quantitative estimate of drug-likeness (QED) is 0.507. The van der Waals surface area contributed by atoms with E-state index in [-0.39, 0.29) is 0 Å². The van der Waals surface area contributed by atoms with Crippen molar-refractivity contribution in [3.05, 3.63) is 72.3 Å². The molecule has 0 saturated carbocycles. The van der Waals surface area contributed by atoms with E-state index in [1.807, 2.05) is 38.1 Å². The minimum atomic E-state index is -0.423. The van der Waals surface area contributed by atoms with Gasteiger partial charge in [-0.1, -0.05) is 0 Å². The van der Waals surface area contributed by atoms with Gasteiger partial charge in [0.2, 0.25) is 5.95 Å². The fourth-order valence-electron chi connectivity index (χ4n) is 3.39. The van der Waals surface area contributed by atoms with Crippen LogP contribution in [0.3, 0.4) is 0 Å². The van der Waals surface area contributed by atoms with Gasteiger partial charge in [-0.25, -0.2) is 19.0 Å². The van der Waals surface area contributed by atoms with Gasteiger partial charge in [-0.15, -0.1) is 0 Å². The van der Waals surface area contributed by atoms with Gasteiger partial charge in [0, 0.05) is 41.0 Å². The average Bonchev–Trinajstić information content (AvgIpc) is 3.29. The van der Waals surface area contributed by atoms with E-state index in [9.17, 15) is 4.39 Å². The Hall–Kier alpha value is -3.94. The monoisotopic (exact) mass is 385 g/mol. The number of nitrogens with one attached hydrogen (secondary N) is 1. The Morgan fingerprint density at radius 3 is 2.55 bits per heavy atom. The van der Waals surface area contributed by atoms with Crippen LogP contribution in [0.15, 0.2) is 55.1 Å². The molecule has 0 aromatic carbocycles. The summed E-state index contributed by atoms with van der Waals surface area (Å²) in [5.41, 5.74) is 5.47. The Balaban J connectivity index is 1.78. The maximum atomic E-state index is 14.5. The van der Waals surface area contributed by atoms with Gasteiger partial charge in [-0.2, -0.15) is 5.10 Å². The van der Waals surface area contributed by atoms with Gasteiger partial charge >= 0.3 is 0 Å². The molecular formula is C21H16FN7. The molecule has 5 heterocycles. The highest BCUT2D eigenvalue weighted by Gasteiger charge is 2.18. The predicted octanol–water partition coefficient (Wildman–Crippen LogP) is 4.02. The van der Waals surface area contributed by atoms with Crippen LogP contribution in [0.25, 0.3) is 39.5 Å². The van der Waals surface area contributed by atoms with Crippen LogP contribution < -0.4 is 0 Å². The van der Waals surface area contributed by atoms with Gasteiger partial charge in [0.05, 0.1) is 17.6 Å². The predicted molar refractivity (Wildman–Crippen MR) is 107 cm³/mol. The molecule has 0 fully saturated rings. The van der Waals surface area contributed by atoms with Gasteiger partial charge in [-0.05, 0) is 44.2 Å². The number of hydrogen-bond donors (Lipinski definition) is 1. The molecule has 29 heavy (non-hydrogen) atoms. The van der Waals surface area contributed by atoms with Gasteiger partial charge in [0.15, 0.2) is 5.65 Å². The van der Waals surface area contributed by atoms with Crippen LogP contribution in [-0.4, -0.2) is 34.7 Å². The molecule has 0 saturated heterocycles.